The molecule has 0 spiro atoms. The van der Waals surface area contributed by atoms with E-state index in [1.807, 2.05) is 11.9 Å². The van der Waals surface area contributed by atoms with E-state index in [9.17, 15) is 4.79 Å². The number of hydrogen-bond acceptors (Lipinski definition) is 4. The van der Waals surface area contributed by atoms with E-state index in [4.69, 9.17) is 4.74 Å². The Balaban J connectivity index is 1.71. The molecule has 2 saturated heterocycles. The fraction of sp³-hybridized carbons (Fsp3) is 0.929. The third kappa shape index (κ3) is 4.75. The topological polar surface area (TPSA) is 44.8 Å². The first kappa shape index (κ1) is 14.8. The van der Waals surface area contributed by atoms with Gasteiger partial charge in [0.25, 0.3) is 0 Å². The predicted molar refractivity (Wildman–Crippen MR) is 75.1 cm³/mol. The number of nitrogens with zero attached hydrogens (tertiary/aromatic N) is 2. The Morgan fingerprint density at radius 2 is 2.37 bits per heavy atom. The standard InChI is InChI=1S/C14H27N3O2/c1-12-4-3-6-17(9-12)14(18)11-16(2)10-13-8-15-5-7-19-13/h12-13,15H,3-11H2,1-2H3. The van der Waals surface area contributed by atoms with E-state index in [1.54, 1.807) is 0 Å². The van der Waals surface area contributed by atoms with Crippen molar-refractivity contribution in [1.82, 2.24) is 15.1 Å². The van der Waals surface area contributed by atoms with Crippen LogP contribution in [0.3, 0.4) is 0 Å². The number of morpholine rings is 1. The number of carbonyl (C=O) groups is 1. The number of hydrogen-bond donors (Lipinski definition) is 1. The van der Waals surface area contributed by atoms with Crippen LogP contribution in [-0.4, -0.2) is 74.7 Å². The van der Waals surface area contributed by atoms with Gasteiger partial charge in [-0.25, -0.2) is 0 Å². The molecule has 1 amide bonds. The lowest BCUT2D eigenvalue weighted by molar-refractivity contribution is -0.134. The van der Waals surface area contributed by atoms with E-state index >= 15 is 0 Å². The summed E-state index contributed by atoms with van der Waals surface area (Å²) in [5.74, 6) is 0.909. The van der Waals surface area contributed by atoms with Crippen molar-refractivity contribution in [3.63, 3.8) is 0 Å². The van der Waals surface area contributed by atoms with Crippen LogP contribution in [0.25, 0.3) is 0 Å². The smallest absolute Gasteiger partial charge is 0.236 e. The van der Waals surface area contributed by atoms with Crippen LogP contribution in [0.5, 0.6) is 0 Å². The highest BCUT2D eigenvalue weighted by Crippen LogP contribution is 2.15. The summed E-state index contributed by atoms with van der Waals surface area (Å²) in [5, 5.41) is 3.32. The first-order valence-corrected chi connectivity index (χ1v) is 7.44. The van der Waals surface area contributed by atoms with Crippen LogP contribution in [0.2, 0.25) is 0 Å². The Morgan fingerprint density at radius 1 is 1.53 bits per heavy atom. The Hall–Kier alpha value is -0.650. The van der Waals surface area contributed by atoms with Gasteiger partial charge < -0.3 is 15.0 Å². The van der Waals surface area contributed by atoms with E-state index < -0.39 is 0 Å². The lowest BCUT2D eigenvalue weighted by atomic mass is 10.0. The highest BCUT2D eigenvalue weighted by atomic mass is 16.5. The summed E-state index contributed by atoms with van der Waals surface area (Å²) < 4.78 is 5.66. The molecule has 2 unspecified atom stereocenters. The van der Waals surface area contributed by atoms with Crippen LogP contribution >= 0.6 is 0 Å². The SMILES string of the molecule is CC1CCCN(C(=O)CN(C)CC2CNCCO2)C1. The van der Waals surface area contributed by atoms with Crippen molar-refractivity contribution in [2.45, 2.75) is 25.9 Å². The van der Waals surface area contributed by atoms with Crippen molar-refractivity contribution in [2.75, 3.05) is 52.9 Å². The average Bonchev–Trinajstić information content (AvgIpc) is 2.39. The molecule has 0 aromatic heterocycles. The van der Waals surface area contributed by atoms with Gasteiger partial charge in [0.15, 0.2) is 0 Å². The normalized spacial score (nSPS) is 28.7. The Morgan fingerprint density at radius 3 is 3.05 bits per heavy atom. The molecule has 0 radical (unpaired) electrons. The number of likely N-dealkylation sites (N-methyl/N-ethyl adjacent to an activating group) is 1. The van der Waals surface area contributed by atoms with Crippen LogP contribution < -0.4 is 5.32 Å². The number of likely N-dealkylation sites (tertiary alicyclic amines) is 1. The molecule has 0 aromatic carbocycles. The number of piperidine rings is 1. The molecule has 5 nitrogen and oxygen atoms in total. The molecule has 110 valence electrons. The molecule has 19 heavy (non-hydrogen) atoms. The largest absolute Gasteiger partial charge is 0.374 e. The maximum Gasteiger partial charge on any atom is 0.236 e. The summed E-state index contributed by atoms with van der Waals surface area (Å²) >= 11 is 0. The van der Waals surface area contributed by atoms with E-state index in [0.29, 0.717) is 12.5 Å². The third-order valence-electron chi connectivity index (χ3n) is 3.93. The molecule has 0 saturated carbocycles. The lowest BCUT2D eigenvalue weighted by Crippen LogP contribution is -2.48. The van der Waals surface area contributed by atoms with Crippen LogP contribution in [-0.2, 0) is 9.53 Å². The number of carbonyl (C=O) groups excluding carboxylic acids is 1. The second-order valence-corrected chi connectivity index (χ2v) is 5.98. The van der Waals surface area contributed by atoms with Gasteiger partial charge in [0.05, 0.1) is 19.3 Å². The number of amides is 1. The minimum atomic E-state index is 0.215. The molecule has 0 bridgehead atoms. The van der Waals surface area contributed by atoms with Gasteiger partial charge in [0.2, 0.25) is 5.91 Å². The Kier molecular flexibility index (Phi) is 5.60. The van der Waals surface area contributed by atoms with Crippen molar-refractivity contribution in [2.24, 2.45) is 5.92 Å². The van der Waals surface area contributed by atoms with Gasteiger partial charge in [-0.2, -0.15) is 0 Å². The van der Waals surface area contributed by atoms with Crippen molar-refractivity contribution in [1.29, 1.82) is 0 Å². The van der Waals surface area contributed by atoms with Gasteiger partial charge in [-0.1, -0.05) is 6.92 Å². The molecule has 0 aromatic rings. The first-order valence-electron chi connectivity index (χ1n) is 7.44. The van der Waals surface area contributed by atoms with Crippen LogP contribution in [0.1, 0.15) is 19.8 Å². The zero-order chi connectivity index (χ0) is 13.7. The lowest BCUT2D eigenvalue weighted by Gasteiger charge is -2.33. The molecule has 2 aliphatic heterocycles. The maximum atomic E-state index is 12.2. The zero-order valence-electron chi connectivity index (χ0n) is 12.2. The molecule has 0 aliphatic carbocycles. The zero-order valence-corrected chi connectivity index (χ0v) is 12.2. The van der Waals surface area contributed by atoms with Gasteiger partial charge in [-0.05, 0) is 25.8 Å². The second kappa shape index (κ2) is 7.22. The van der Waals surface area contributed by atoms with Crippen molar-refractivity contribution in [3.05, 3.63) is 0 Å². The van der Waals surface area contributed by atoms with E-state index in [2.05, 4.69) is 17.1 Å². The monoisotopic (exact) mass is 269 g/mol. The van der Waals surface area contributed by atoms with E-state index in [0.717, 1.165) is 45.8 Å². The molecular weight excluding hydrogens is 242 g/mol. The van der Waals surface area contributed by atoms with Crippen molar-refractivity contribution in [3.8, 4) is 0 Å². The first-order chi connectivity index (χ1) is 9.15. The van der Waals surface area contributed by atoms with Crippen LogP contribution in [0.15, 0.2) is 0 Å². The molecule has 2 aliphatic rings. The molecule has 1 N–H and O–H groups in total. The molecular formula is C14H27N3O2. The minimum Gasteiger partial charge on any atom is -0.374 e. The van der Waals surface area contributed by atoms with E-state index in [-0.39, 0.29) is 12.0 Å². The summed E-state index contributed by atoms with van der Waals surface area (Å²) in [4.78, 5) is 16.3. The van der Waals surface area contributed by atoms with Gasteiger partial charge in [-0.15, -0.1) is 0 Å². The van der Waals surface area contributed by atoms with Gasteiger partial charge >= 0.3 is 0 Å². The molecule has 2 atom stereocenters. The summed E-state index contributed by atoms with van der Waals surface area (Å²) in [5.41, 5.74) is 0. The van der Waals surface area contributed by atoms with Gasteiger partial charge in [0, 0.05) is 32.7 Å². The highest BCUT2D eigenvalue weighted by Gasteiger charge is 2.23. The number of ether oxygens (including phenoxy) is 1. The summed E-state index contributed by atoms with van der Waals surface area (Å²) in [7, 11) is 2.00. The van der Waals surface area contributed by atoms with Gasteiger partial charge in [0.1, 0.15) is 0 Å². The van der Waals surface area contributed by atoms with Crippen LogP contribution in [0.4, 0.5) is 0 Å². The Labute approximate surface area is 116 Å². The summed E-state index contributed by atoms with van der Waals surface area (Å²) in [6.07, 6.45) is 2.61. The van der Waals surface area contributed by atoms with Gasteiger partial charge in [-0.3, -0.25) is 9.69 Å². The highest BCUT2D eigenvalue weighted by molar-refractivity contribution is 5.78. The predicted octanol–water partition coefficient (Wildman–Crippen LogP) is 0.165. The second-order valence-electron chi connectivity index (χ2n) is 5.98. The fourth-order valence-corrected chi connectivity index (χ4v) is 2.90. The number of nitrogens with one attached hydrogen (secondary N) is 1. The summed E-state index contributed by atoms with van der Waals surface area (Å²) in [6, 6.07) is 0. The fourth-order valence-electron chi connectivity index (χ4n) is 2.90. The quantitative estimate of drug-likeness (QED) is 0.790. The number of rotatable bonds is 4. The molecule has 2 rings (SSSR count). The average molecular weight is 269 g/mol. The Bertz CT molecular complexity index is 292. The molecule has 2 fully saturated rings. The van der Waals surface area contributed by atoms with Crippen LogP contribution in [0, 0.1) is 5.92 Å². The summed E-state index contributed by atoms with van der Waals surface area (Å²) in [6.45, 7) is 8.01. The van der Waals surface area contributed by atoms with Crippen molar-refractivity contribution < 1.29 is 9.53 Å². The molecule has 5 heteroatoms. The van der Waals surface area contributed by atoms with Crippen molar-refractivity contribution >= 4 is 5.91 Å². The minimum absolute atomic E-state index is 0.215. The van der Waals surface area contributed by atoms with E-state index in [1.165, 1.54) is 6.42 Å². The molecule has 2 heterocycles. The third-order valence-corrected chi connectivity index (χ3v) is 3.93. The maximum absolute atomic E-state index is 12.2.